The lowest BCUT2D eigenvalue weighted by molar-refractivity contribution is 0.610. The molecule has 0 unspecified atom stereocenters. The molecular formula is C14H18N2S. The molecule has 1 aromatic rings. The van der Waals surface area contributed by atoms with Gasteiger partial charge < -0.3 is 5.32 Å². The molecule has 1 aliphatic rings. The predicted octanol–water partition coefficient (Wildman–Crippen LogP) is 3.88. The third kappa shape index (κ3) is 2.95. The summed E-state index contributed by atoms with van der Waals surface area (Å²) in [6, 6.07) is 8.38. The van der Waals surface area contributed by atoms with Crippen LogP contribution < -0.4 is 5.32 Å². The van der Waals surface area contributed by atoms with Crippen molar-refractivity contribution < 1.29 is 0 Å². The van der Waals surface area contributed by atoms with Crippen LogP contribution in [0.15, 0.2) is 23.1 Å². The van der Waals surface area contributed by atoms with E-state index in [1.165, 1.54) is 12.8 Å². The van der Waals surface area contributed by atoms with Crippen LogP contribution in [-0.4, -0.2) is 12.3 Å². The molecule has 0 radical (unpaired) electrons. The van der Waals surface area contributed by atoms with E-state index in [-0.39, 0.29) is 0 Å². The minimum absolute atomic E-state index is 0.459. The Morgan fingerprint density at radius 2 is 2.24 bits per heavy atom. The smallest absolute Gasteiger partial charge is 0.102 e. The summed E-state index contributed by atoms with van der Waals surface area (Å²) >= 11 is 1.73. The van der Waals surface area contributed by atoms with Gasteiger partial charge in [0.15, 0.2) is 0 Å². The first-order valence-electron chi connectivity index (χ1n) is 6.08. The van der Waals surface area contributed by atoms with Crippen molar-refractivity contribution in [2.45, 2.75) is 31.6 Å². The summed E-state index contributed by atoms with van der Waals surface area (Å²) in [6.07, 6.45) is 2.59. The average Bonchev–Trinajstić information content (AvgIpc) is 3.06. The van der Waals surface area contributed by atoms with Crippen LogP contribution in [0.1, 0.15) is 32.3 Å². The van der Waals surface area contributed by atoms with E-state index >= 15 is 0 Å². The fourth-order valence-corrected chi connectivity index (χ4v) is 2.55. The van der Waals surface area contributed by atoms with E-state index in [1.807, 2.05) is 18.2 Å². The Hall–Kier alpha value is -1.14. The van der Waals surface area contributed by atoms with Crippen LogP contribution in [0.25, 0.3) is 0 Å². The van der Waals surface area contributed by atoms with Crippen molar-refractivity contribution in [2.75, 3.05) is 17.6 Å². The zero-order valence-electron chi connectivity index (χ0n) is 10.4. The average molecular weight is 246 g/mol. The van der Waals surface area contributed by atoms with E-state index in [0.29, 0.717) is 5.41 Å². The van der Waals surface area contributed by atoms with Gasteiger partial charge >= 0.3 is 0 Å². The molecule has 17 heavy (non-hydrogen) atoms. The standard InChI is InChI=1S/C14H18N2S/c1-3-17-13-6-4-5-12(11(13)9-15)16-10-14(2)7-8-14/h4-6,16H,3,7-8,10H2,1-2H3. The van der Waals surface area contributed by atoms with Crippen LogP contribution in [0.5, 0.6) is 0 Å². The van der Waals surface area contributed by atoms with Crippen LogP contribution in [0.2, 0.25) is 0 Å². The molecular weight excluding hydrogens is 228 g/mol. The maximum absolute atomic E-state index is 9.27. The third-order valence-electron chi connectivity index (χ3n) is 3.25. The van der Waals surface area contributed by atoms with Gasteiger partial charge in [0.05, 0.1) is 11.3 Å². The summed E-state index contributed by atoms with van der Waals surface area (Å²) in [5, 5.41) is 12.7. The Balaban J connectivity index is 2.15. The molecule has 0 heterocycles. The van der Waals surface area contributed by atoms with Gasteiger partial charge in [-0.3, -0.25) is 0 Å². The van der Waals surface area contributed by atoms with E-state index in [9.17, 15) is 5.26 Å². The molecule has 0 aliphatic heterocycles. The number of hydrogen-bond acceptors (Lipinski definition) is 3. The fourth-order valence-electron chi connectivity index (χ4n) is 1.77. The molecule has 0 atom stereocenters. The van der Waals surface area contributed by atoms with Gasteiger partial charge in [-0.2, -0.15) is 5.26 Å². The number of hydrogen-bond donors (Lipinski definition) is 1. The summed E-state index contributed by atoms with van der Waals surface area (Å²) in [4.78, 5) is 1.08. The predicted molar refractivity (Wildman–Crippen MR) is 73.4 cm³/mol. The van der Waals surface area contributed by atoms with E-state index in [4.69, 9.17) is 0 Å². The number of nitrogens with one attached hydrogen (secondary N) is 1. The zero-order valence-corrected chi connectivity index (χ0v) is 11.2. The summed E-state index contributed by atoms with van der Waals surface area (Å²) in [7, 11) is 0. The topological polar surface area (TPSA) is 35.8 Å². The number of nitriles is 1. The highest BCUT2D eigenvalue weighted by Gasteiger charge is 2.36. The van der Waals surface area contributed by atoms with Crippen molar-refractivity contribution in [3.8, 4) is 6.07 Å². The Morgan fingerprint density at radius 1 is 1.47 bits per heavy atom. The number of nitrogens with zero attached hydrogens (tertiary/aromatic N) is 1. The number of thioether (sulfide) groups is 1. The second-order valence-corrected chi connectivity index (χ2v) is 6.19. The molecule has 2 nitrogen and oxygen atoms in total. The van der Waals surface area contributed by atoms with Gasteiger partial charge in [-0.1, -0.05) is 19.9 Å². The molecule has 3 heteroatoms. The molecule has 1 saturated carbocycles. The van der Waals surface area contributed by atoms with Crippen LogP contribution in [0.4, 0.5) is 5.69 Å². The molecule has 2 rings (SSSR count). The van der Waals surface area contributed by atoms with Crippen molar-refractivity contribution in [1.29, 1.82) is 5.26 Å². The lowest BCUT2D eigenvalue weighted by Crippen LogP contribution is -2.12. The second kappa shape index (κ2) is 5.01. The van der Waals surface area contributed by atoms with Gasteiger partial charge in [-0.05, 0) is 36.1 Å². The fraction of sp³-hybridized carbons (Fsp3) is 0.500. The molecule has 1 fully saturated rings. The summed E-state index contributed by atoms with van der Waals surface area (Å²) in [5.41, 5.74) is 2.24. The molecule has 0 amide bonds. The lowest BCUT2D eigenvalue weighted by Gasteiger charge is -2.14. The SMILES string of the molecule is CCSc1cccc(NCC2(C)CC2)c1C#N. The number of benzene rings is 1. The van der Waals surface area contributed by atoms with Crippen LogP contribution >= 0.6 is 11.8 Å². The summed E-state index contributed by atoms with van der Waals surface area (Å²) < 4.78 is 0. The highest BCUT2D eigenvalue weighted by molar-refractivity contribution is 7.99. The summed E-state index contributed by atoms with van der Waals surface area (Å²) in [5.74, 6) is 0.996. The van der Waals surface area contributed by atoms with E-state index in [0.717, 1.165) is 28.4 Å². The zero-order chi connectivity index (χ0) is 12.3. The summed E-state index contributed by atoms with van der Waals surface area (Å²) in [6.45, 7) is 5.37. The Morgan fingerprint density at radius 3 is 2.82 bits per heavy atom. The maximum atomic E-state index is 9.27. The monoisotopic (exact) mass is 246 g/mol. The van der Waals surface area contributed by atoms with Crippen molar-refractivity contribution >= 4 is 17.4 Å². The highest BCUT2D eigenvalue weighted by Crippen LogP contribution is 2.45. The first kappa shape index (κ1) is 12.3. The van der Waals surface area contributed by atoms with Gasteiger partial charge in [-0.25, -0.2) is 0 Å². The van der Waals surface area contributed by atoms with Crippen molar-refractivity contribution in [2.24, 2.45) is 5.41 Å². The van der Waals surface area contributed by atoms with Crippen LogP contribution in [-0.2, 0) is 0 Å². The molecule has 1 N–H and O–H groups in total. The van der Waals surface area contributed by atoms with E-state index in [1.54, 1.807) is 11.8 Å². The van der Waals surface area contributed by atoms with Gasteiger partial charge in [0.2, 0.25) is 0 Å². The van der Waals surface area contributed by atoms with Gasteiger partial charge in [0.25, 0.3) is 0 Å². The van der Waals surface area contributed by atoms with E-state index < -0.39 is 0 Å². The van der Waals surface area contributed by atoms with Crippen molar-refractivity contribution in [3.63, 3.8) is 0 Å². The molecule has 0 saturated heterocycles. The van der Waals surface area contributed by atoms with Crippen molar-refractivity contribution in [1.82, 2.24) is 0 Å². The molecule has 0 aromatic heterocycles. The van der Waals surface area contributed by atoms with Crippen molar-refractivity contribution in [3.05, 3.63) is 23.8 Å². The number of anilines is 1. The first-order chi connectivity index (χ1) is 8.18. The maximum Gasteiger partial charge on any atom is 0.102 e. The van der Waals surface area contributed by atoms with E-state index in [2.05, 4.69) is 25.2 Å². The minimum atomic E-state index is 0.459. The number of rotatable bonds is 5. The Labute approximate surface area is 107 Å². The molecule has 1 aromatic carbocycles. The molecule has 0 bridgehead atoms. The van der Waals surface area contributed by atoms with Gasteiger partial charge in [0.1, 0.15) is 6.07 Å². The normalized spacial score (nSPS) is 16.3. The second-order valence-electron chi connectivity index (χ2n) is 4.89. The third-order valence-corrected chi connectivity index (χ3v) is 4.19. The minimum Gasteiger partial charge on any atom is -0.383 e. The van der Waals surface area contributed by atoms with Gasteiger partial charge in [-0.15, -0.1) is 11.8 Å². The first-order valence-corrected chi connectivity index (χ1v) is 7.07. The Kier molecular flexibility index (Phi) is 3.63. The highest BCUT2D eigenvalue weighted by atomic mass is 32.2. The molecule has 90 valence electrons. The lowest BCUT2D eigenvalue weighted by atomic mass is 10.1. The van der Waals surface area contributed by atoms with Crippen LogP contribution in [0, 0.1) is 16.7 Å². The van der Waals surface area contributed by atoms with Gasteiger partial charge in [0, 0.05) is 11.4 Å². The quantitative estimate of drug-likeness (QED) is 0.801. The molecule has 1 aliphatic carbocycles. The Bertz CT molecular complexity index is 444. The van der Waals surface area contributed by atoms with Crippen LogP contribution in [0.3, 0.4) is 0 Å². The largest absolute Gasteiger partial charge is 0.383 e. The molecule has 0 spiro atoms.